The Kier molecular flexibility index (Phi) is 5.20. The van der Waals surface area contributed by atoms with Gasteiger partial charge >= 0.3 is 0 Å². The minimum atomic E-state index is -3.08. The highest BCUT2D eigenvalue weighted by atomic mass is 35.5. The molecule has 0 fully saturated rings. The maximum atomic E-state index is 14.9. The van der Waals surface area contributed by atoms with Gasteiger partial charge in [-0.1, -0.05) is 50.6 Å². The second-order valence-corrected chi connectivity index (χ2v) is 9.57. The van der Waals surface area contributed by atoms with Gasteiger partial charge in [-0.25, -0.2) is 22.0 Å². The smallest absolute Gasteiger partial charge is 0.207 e. The fourth-order valence-corrected chi connectivity index (χ4v) is 5.91. The topological polar surface area (TPSA) is 0 Å². The quantitative estimate of drug-likeness (QED) is 0.428. The number of halogens is 6. The van der Waals surface area contributed by atoms with Gasteiger partial charge in [-0.3, -0.25) is 0 Å². The van der Waals surface area contributed by atoms with E-state index in [1.165, 1.54) is 18.2 Å². The number of hydrogen-bond donors (Lipinski definition) is 0. The molecule has 2 aliphatic carbocycles. The average Bonchev–Trinajstić information content (AvgIpc) is 3.07. The molecule has 162 valence electrons. The zero-order valence-corrected chi connectivity index (χ0v) is 17.8. The summed E-state index contributed by atoms with van der Waals surface area (Å²) in [6.07, 6.45) is -0.782. The van der Waals surface area contributed by atoms with Crippen LogP contribution in [0.15, 0.2) is 30.3 Å². The van der Waals surface area contributed by atoms with Gasteiger partial charge in [-0.15, -0.1) is 0 Å². The zero-order valence-electron chi connectivity index (χ0n) is 17.1. The minimum absolute atomic E-state index is 0.0611. The first-order valence-corrected chi connectivity index (χ1v) is 10.6. The molecule has 0 bridgehead atoms. The molecule has 0 aromatic heterocycles. The van der Waals surface area contributed by atoms with Gasteiger partial charge in [-0.05, 0) is 52.6 Å². The van der Waals surface area contributed by atoms with Crippen LogP contribution >= 0.6 is 11.6 Å². The number of hydrogen-bond acceptors (Lipinski definition) is 0. The highest BCUT2D eigenvalue weighted by Gasteiger charge is 2.53. The monoisotopic (exact) mass is 442 g/mol. The summed E-state index contributed by atoms with van der Waals surface area (Å²) in [5.41, 5.74) is 1.89. The normalized spacial score (nSPS) is 24.7. The number of benzene rings is 2. The summed E-state index contributed by atoms with van der Waals surface area (Å²) in [6.45, 7) is 5.12. The third-order valence-electron chi connectivity index (χ3n) is 6.69. The van der Waals surface area contributed by atoms with Crippen LogP contribution in [-0.4, -0.2) is 11.8 Å². The van der Waals surface area contributed by atoms with E-state index < -0.39 is 48.3 Å². The van der Waals surface area contributed by atoms with Crippen LogP contribution in [0.25, 0.3) is 0 Å². The Labute approximate surface area is 178 Å². The lowest BCUT2D eigenvalue weighted by Crippen LogP contribution is -2.29. The van der Waals surface area contributed by atoms with Crippen LogP contribution in [0.1, 0.15) is 60.4 Å². The lowest BCUT2D eigenvalue weighted by atomic mass is 9.81. The van der Waals surface area contributed by atoms with Crippen LogP contribution in [0.4, 0.5) is 22.0 Å². The molecule has 0 aliphatic heterocycles. The van der Waals surface area contributed by atoms with Crippen LogP contribution in [0, 0.1) is 17.7 Å². The van der Waals surface area contributed by atoms with E-state index in [1.54, 1.807) is 32.9 Å². The summed E-state index contributed by atoms with van der Waals surface area (Å²) in [5.74, 6) is -9.88. The molecule has 2 aromatic rings. The van der Waals surface area contributed by atoms with Crippen molar-refractivity contribution in [3.05, 3.63) is 69.0 Å². The molecule has 30 heavy (non-hydrogen) atoms. The molecule has 3 unspecified atom stereocenters. The van der Waals surface area contributed by atoms with Crippen molar-refractivity contribution in [2.45, 2.75) is 63.7 Å². The number of fused-ring (bicyclic) bond motifs is 2. The van der Waals surface area contributed by atoms with Gasteiger partial charge in [0, 0.05) is 23.4 Å². The van der Waals surface area contributed by atoms with E-state index in [9.17, 15) is 22.0 Å². The van der Waals surface area contributed by atoms with E-state index >= 15 is 0 Å². The lowest BCUT2D eigenvalue weighted by molar-refractivity contribution is -0.0324. The number of alkyl halides is 4. The molecule has 0 nitrogen and oxygen atoms in total. The molecule has 0 saturated carbocycles. The van der Waals surface area contributed by atoms with Crippen molar-refractivity contribution in [1.29, 1.82) is 0 Å². The highest BCUT2D eigenvalue weighted by Crippen LogP contribution is 2.54. The second-order valence-electron chi connectivity index (χ2n) is 9.17. The fourth-order valence-electron chi connectivity index (χ4n) is 5.62. The van der Waals surface area contributed by atoms with Gasteiger partial charge in [-0.2, -0.15) is 0 Å². The Morgan fingerprint density at radius 3 is 2.27 bits per heavy atom. The maximum absolute atomic E-state index is 14.9. The van der Waals surface area contributed by atoms with E-state index in [-0.39, 0.29) is 17.9 Å². The van der Waals surface area contributed by atoms with Crippen molar-refractivity contribution < 1.29 is 22.0 Å². The third-order valence-corrected chi connectivity index (χ3v) is 7.02. The van der Waals surface area contributed by atoms with Gasteiger partial charge in [0.25, 0.3) is 11.8 Å². The zero-order chi connectivity index (χ0) is 22.0. The lowest BCUT2D eigenvalue weighted by Gasteiger charge is -2.27. The first-order chi connectivity index (χ1) is 13.9. The Balaban J connectivity index is 1.72. The minimum Gasteiger partial charge on any atom is -0.207 e. The van der Waals surface area contributed by atoms with Gasteiger partial charge in [0.15, 0.2) is 0 Å². The van der Waals surface area contributed by atoms with E-state index in [2.05, 4.69) is 0 Å². The average molecular weight is 443 g/mol. The highest BCUT2D eigenvalue weighted by molar-refractivity contribution is 6.31. The molecule has 4 rings (SSSR count). The van der Waals surface area contributed by atoms with Gasteiger partial charge < -0.3 is 0 Å². The van der Waals surface area contributed by atoms with Crippen molar-refractivity contribution in [1.82, 2.24) is 0 Å². The first kappa shape index (κ1) is 21.6. The summed E-state index contributed by atoms with van der Waals surface area (Å²) in [6, 6.07) is 7.42. The summed E-state index contributed by atoms with van der Waals surface area (Å²) < 4.78 is 73.8. The first-order valence-electron chi connectivity index (χ1n) is 10.3. The Morgan fingerprint density at radius 1 is 0.933 bits per heavy atom. The SMILES string of the molecule is CC(C)C1c2c(Cl)ccc(CC(C)C3c4c(F)cccc4CC3(F)F)c2CC1(F)F. The van der Waals surface area contributed by atoms with Crippen LogP contribution < -0.4 is 0 Å². The fraction of sp³-hybridized carbons (Fsp3) is 0.500. The molecule has 2 aromatic carbocycles. The summed E-state index contributed by atoms with van der Waals surface area (Å²) >= 11 is 6.30. The predicted molar refractivity (Wildman–Crippen MR) is 108 cm³/mol. The Hall–Kier alpha value is -1.62. The van der Waals surface area contributed by atoms with Crippen LogP contribution in [-0.2, 0) is 19.3 Å². The molecule has 0 N–H and O–H groups in total. The van der Waals surface area contributed by atoms with Crippen LogP contribution in [0.3, 0.4) is 0 Å². The molecule has 6 heteroatoms. The molecule has 0 radical (unpaired) electrons. The van der Waals surface area contributed by atoms with Crippen molar-refractivity contribution in [2.24, 2.45) is 11.8 Å². The van der Waals surface area contributed by atoms with Crippen molar-refractivity contribution >= 4 is 11.6 Å². The van der Waals surface area contributed by atoms with Crippen molar-refractivity contribution in [2.75, 3.05) is 0 Å². The predicted octanol–water partition coefficient (Wildman–Crippen LogP) is 7.56. The van der Waals surface area contributed by atoms with E-state index in [0.29, 0.717) is 27.3 Å². The molecule has 0 spiro atoms. The number of rotatable bonds is 4. The van der Waals surface area contributed by atoms with E-state index in [4.69, 9.17) is 11.6 Å². The molecule has 0 amide bonds. The summed E-state index contributed by atoms with van der Waals surface area (Å²) in [4.78, 5) is 0. The van der Waals surface area contributed by atoms with E-state index in [1.807, 2.05) is 0 Å². The Morgan fingerprint density at radius 2 is 1.60 bits per heavy atom. The van der Waals surface area contributed by atoms with Crippen molar-refractivity contribution in [3.8, 4) is 0 Å². The van der Waals surface area contributed by atoms with Crippen LogP contribution in [0.2, 0.25) is 5.02 Å². The maximum Gasteiger partial charge on any atom is 0.259 e. The van der Waals surface area contributed by atoms with Crippen molar-refractivity contribution in [3.63, 3.8) is 0 Å². The molecule has 2 aliphatic rings. The largest absolute Gasteiger partial charge is 0.259 e. The molecule has 0 saturated heterocycles. The second kappa shape index (κ2) is 7.22. The standard InChI is InChI=1S/C24H24ClF5/c1-12(2)21-20-16(11-24(21,29)30)14(7-8-17(20)25)9-13(3)22-19-15(10-23(22,27)28)5-4-6-18(19)26/h4-8,12-13,21-22H,9-11H2,1-3H3. The third kappa shape index (κ3) is 3.34. The van der Waals surface area contributed by atoms with Crippen LogP contribution in [0.5, 0.6) is 0 Å². The molecular formula is C24H24ClF5. The summed E-state index contributed by atoms with van der Waals surface area (Å²) in [5, 5.41) is 0.292. The van der Waals surface area contributed by atoms with Gasteiger partial charge in [0.05, 0.1) is 11.8 Å². The van der Waals surface area contributed by atoms with E-state index in [0.717, 1.165) is 0 Å². The summed E-state index contributed by atoms with van der Waals surface area (Å²) in [7, 11) is 0. The Bertz CT molecular complexity index is 982. The van der Waals surface area contributed by atoms with Gasteiger partial charge in [0.2, 0.25) is 0 Å². The molecular weight excluding hydrogens is 419 g/mol. The van der Waals surface area contributed by atoms with Gasteiger partial charge in [0.1, 0.15) is 5.82 Å². The molecule has 3 atom stereocenters. The molecule has 0 heterocycles.